The molecule has 1 saturated carbocycles. The third-order valence-corrected chi connectivity index (χ3v) is 2.80. The third kappa shape index (κ3) is 3.74. The first-order valence-corrected chi connectivity index (χ1v) is 6.23. The molecule has 0 radical (unpaired) electrons. The van der Waals surface area contributed by atoms with Crippen molar-refractivity contribution >= 4 is 0 Å². The summed E-state index contributed by atoms with van der Waals surface area (Å²) in [4.78, 5) is 0. The average Bonchev–Trinajstić information content (AvgIpc) is 2.97. The van der Waals surface area contributed by atoms with Gasteiger partial charge in [-0.25, -0.2) is 4.68 Å². The molecule has 1 heterocycles. The van der Waals surface area contributed by atoms with Crippen molar-refractivity contribution in [2.75, 3.05) is 6.61 Å². The van der Waals surface area contributed by atoms with E-state index in [0.717, 1.165) is 12.4 Å². The number of nitrogens with one attached hydrogen (secondary N) is 1. The Morgan fingerprint density at radius 3 is 2.88 bits per heavy atom. The number of rotatable bonds is 7. The molecule has 0 aromatic carbocycles. The van der Waals surface area contributed by atoms with Gasteiger partial charge in [-0.2, -0.15) is 0 Å². The maximum absolute atomic E-state index is 5.66. The highest BCUT2D eigenvalue weighted by Crippen LogP contribution is 2.19. The Hall–Kier alpha value is -1.01. The second kappa shape index (κ2) is 5.10. The Bertz CT molecular complexity index is 358. The molecule has 0 amide bonds. The molecule has 1 aromatic heterocycles. The van der Waals surface area contributed by atoms with Gasteiger partial charge in [0.1, 0.15) is 0 Å². The minimum Gasteiger partial charge on any atom is -0.374 e. The van der Waals surface area contributed by atoms with Gasteiger partial charge in [-0.1, -0.05) is 0 Å². The fourth-order valence-corrected chi connectivity index (χ4v) is 1.79. The Balaban J connectivity index is 1.92. The quantitative estimate of drug-likeness (QED) is 0.760. The summed E-state index contributed by atoms with van der Waals surface area (Å²) < 4.78 is 7.48. The predicted molar refractivity (Wildman–Crippen MR) is 63.4 cm³/mol. The van der Waals surface area contributed by atoms with Crippen LogP contribution in [0.15, 0.2) is 0 Å². The van der Waals surface area contributed by atoms with Gasteiger partial charge in [-0.15, -0.1) is 5.10 Å². The van der Waals surface area contributed by atoms with Crippen molar-refractivity contribution in [1.29, 1.82) is 0 Å². The number of tetrazole rings is 1. The maximum Gasteiger partial charge on any atom is 0.165 e. The molecule has 0 aliphatic heterocycles. The first-order chi connectivity index (χ1) is 8.11. The average molecular weight is 239 g/mol. The van der Waals surface area contributed by atoms with Crippen LogP contribution in [0.4, 0.5) is 0 Å². The molecule has 6 heteroatoms. The van der Waals surface area contributed by atoms with Crippen molar-refractivity contribution in [2.24, 2.45) is 0 Å². The van der Waals surface area contributed by atoms with Crippen LogP contribution in [0.5, 0.6) is 0 Å². The van der Waals surface area contributed by atoms with Crippen LogP contribution < -0.4 is 5.32 Å². The molecule has 1 aliphatic carbocycles. The molecule has 17 heavy (non-hydrogen) atoms. The molecule has 1 aromatic rings. The topological polar surface area (TPSA) is 64.9 Å². The summed E-state index contributed by atoms with van der Waals surface area (Å²) in [6.07, 6.45) is 2.54. The van der Waals surface area contributed by atoms with Crippen LogP contribution in [-0.2, 0) is 17.8 Å². The fourth-order valence-electron chi connectivity index (χ4n) is 1.79. The number of ether oxygens (including phenoxy) is 1. The Labute approximate surface area is 102 Å². The molecule has 0 saturated heterocycles. The molecule has 0 spiro atoms. The largest absolute Gasteiger partial charge is 0.374 e. The second-order valence-electron chi connectivity index (χ2n) is 5.10. The highest BCUT2D eigenvalue weighted by molar-refractivity contribution is 4.88. The van der Waals surface area contributed by atoms with E-state index in [9.17, 15) is 0 Å². The molecule has 1 aliphatic rings. The standard InChI is InChI=1S/C11H21N5O/c1-4-17-11(2,3)8-16-10(13-14-15-16)7-12-9-5-6-9/h9,12H,4-8H2,1-3H3. The summed E-state index contributed by atoms with van der Waals surface area (Å²) in [6.45, 7) is 8.21. The zero-order valence-electron chi connectivity index (χ0n) is 10.8. The lowest BCUT2D eigenvalue weighted by Crippen LogP contribution is -2.32. The Morgan fingerprint density at radius 2 is 2.24 bits per heavy atom. The SMILES string of the molecule is CCOC(C)(C)Cn1nnnc1CNC1CC1. The van der Waals surface area contributed by atoms with E-state index < -0.39 is 0 Å². The van der Waals surface area contributed by atoms with Crippen LogP contribution in [0.2, 0.25) is 0 Å². The van der Waals surface area contributed by atoms with Crippen molar-refractivity contribution in [3.05, 3.63) is 5.82 Å². The second-order valence-corrected chi connectivity index (χ2v) is 5.10. The van der Waals surface area contributed by atoms with Crippen molar-refractivity contribution in [3.63, 3.8) is 0 Å². The fraction of sp³-hybridized carbons (Fsp3) is 0.909. The summed E-state index contributed by atoms with van der Waals surface area (Å²) >= 11 is 0. The highest BCUT2D eigenvalue weighted by Gasteiger charge is 2.24. The number of aromatic nitrogens is 4. The molecule has 0 bridgehead atoms. The van der Waals surface area contributed by atoms with Crippen molar-refractivity contribution in [1.82, 2.24) is 25.5 Å². The first kappa shape index (κ1) is 12.4. The van der Waals surface area contributed by atoms with Gasteiger partial charge in [0, 0.05) is 12.6 Å². The summed E-state index contributed by atoms with van der Waals surface area (Å²) in [5.74, 6) is 0.879. The number of nitrogens with zero attached hydrogens (tertiary/aromatic N) is 4. The van der Waals surface area contributed by atoms with E-state index in [1.54, 1.807) is 0 Å². The molecular weight excluding hydrogens is 218 g/mol. The van der Waals surface area contributed by atoms with Crippen LogP contribution in [-0.4, -0.2) is 38.5 Å². The lowest BCUT2D eigenvalue weighted by molar-refractivity contribution is -0.0256. The third-order valence-electron chi connectivity index (χ3n) is 2.80. The molecule has 1 N–H and O–H groups in total. The van der Waals surface area contributed by atoms with Crippen LogP contribution in [0.3, 0.4) is 0 Å². The Kier molecular flexibility index (Phi) is 3.73. The van der Waals surface area contributed by atoms with Crippen molar-refractivity contribution in [2.45, 2.75) is 58.3 Å². The molecule has 0 unspecified atom stereocenters. The summed E-state index contributed by atoms with van der Waals surface area (Å²) in [5, 5.41) is 15.2. The molecule has 1 fully saturated rings. The van der Waals surface area contributed by atoms with Crippen molar-refractivity contribution < 1.29 is 4.74 Å². The normalized spacial score (nSPS) is 16.4. The van der Waals surface area contributed by atoms with Crippen LogP contribution >= 0.6 is 0 Å². The molecular formula is C11H21N5O. The maximum atomic E-state index is 5.66. The summed E-state index contributed by atoms with van der Waals surface area (Å²) in [7, 11) is 0. The zero-order valence-corrected chi connectivity index (χ0v) is 10.8. The molecule has 96 valence electrons. The van der Waals surface area contributed by atoms with E-state index in [-0.39, 0.29) is 5.60 Å². The van der Waals surface area contributed by atoms with Gasteiger partial charge in [-0.3, -0.25) is 0 Å². The Morgan fingerprint density at radius 1 is 1.47 bits per heavy atom. The predicted octanol–water partition coefficient (Wildman–Crippen LogP) is 0.740. The van der Waals surface area contributed by atoms with Gasteiger partial charge in [0.2, 0.25) is 0 Å². The van der Waals surface area contributed by atoms with E-state index >= 15 is 0 Å². The van der Waals surface area contributed by atoms with Crippen LogP contribution in [0.1, 0.15) is 39.4 Å². The summed E-state index contributed by atoms with van der Waals surface area (Å²) in [6, 6.07) is 0.667. The van der Waals surface area contributed by atoms with Gasteiger partial charge in [0.25, 0.3) is 0 Å². The van der Waals surface area contributed by atoms with E-state index in [2.05, 4.69) is 34.7 Å². The van der Waals surface area contributed by atoms with E-state index in [1.165, 1.54) is 12.8 Å². The van der Waals surface area contributed by atoms with E-state index in [0.29, 0.717) is 19.2 Å². The lowest BCUT2D eigenvalue weighted by atomic mass is 10.1. The van der Waals surface area contributed by atoms with Gasteiger partial charge in [0.05, 0.1) is 18.7 Å². The zero-order chi connectivity index (χ0) is 12.3. The monoisotopic (exact) mass is 239 g/mol. The smallest absolute Gasteiger partial charge is 0.165 e. The van der Waals surface area contributed by atoms with Gasteiger partial charge < -0.3 is 10.1 Å². The van der Waals surface area contributed by atoms with Crippen molar-refractivity contribution in [3.8, 4) is 0 Å². The number of hydrogen-bond acceptors (Lipinski definition) is 5. The van der Waals surface area contributed by atoms with Crippen LogP contribution in [0.25, 0.3) is 0 Å². The molecule has 2 rings (SSSR count). The first-order valence-electron chi connectivity index (χ1n) is 6.23. The van der Waals surface area contributed by atoms with Gasteiger partial charge in [0.15, 0.2) is 5.82 Å². The van der Waals surface area contributed by atoms with Gasteiger partial charge >= 0.3 is 0 Å². The minimum absolute atomic E-state index is 0.238. The molecule has 0 atom stereocenters. The van der Waals surface area contributed by atoms with E-state index in [4.69, 9.17) is 4.74 Å². The van der Waals surface area contributed by atoms with Crippen LogP contribution in [0, 0.1) is 0 Å². The molecule has 6 nitrogen and oxygen atoms in total. The van der Waals surface area contributed by atoms with Gasteiger partial charge in [-0.05, 0) is 44.0 Å². The van der Waals surface area contributed by atoms with E-state index in [1.807, 2.05) is 11.6 Å². The number of hydrogen-bond donors (Lipinski definition) is 1. The summed E-state index contributed by atoms with van der Waals surface area (Å²) in [5.41, 5.74) is -0.238. The lowest BCUT2D eigenvalue weighted by Gasteiger charge is -2.24. The minimum atomic E-state index is -0.238. The highest BCUT2D eigenvalue weighted by atomic mass is 16.5.